The third kappa shape index (κ3) is 3.47. The number of ether oxygens (including phenoxy) is 1. The molecule has 2 aromatic rings. The molecule has 0 amide bonds. The van der Waals surface area contributed by atoms with Gasteiger partial charge in [0, 0.05) is 12.8 Å². The fourth-order valence-corrected chi connectivity index (χ4v) is 5.82. The Morgan fingerprint density at radius 1 is 1.33 bits per heavy atom. The molecular formula is C17H24ClN4O7P. The number of hydrogen-bond acceptors (Lipinski definition) is 10. The molecule has 2 aromatic heterocycles. The Bertz CT molecular complexity index is 1010. The Hall–Kier alpha value is -1.17. The summed E-state index contributed by atoms with van der Waals surface area (Å²) in [6.07, 6.45) is -1.02. The first-order valence-electron chi connectivity index (χ1n) is 9.65. The molecule has 4 rings (SSSR count). The van der Waals surface area contributed by atoms with Gasteiger partial charge in [0.1, 0.15) is 24.1 Å². The molecule has 2 fully saturated rings. The summed E-state index contributed by atoms with van der Waals surface area (Å²) in [5.41, 5.74) is -2.10. The number of aliphatic hydroxyl groups is 3. The van der Waals surface area contributed by atoms with Gasteiger partial charge in [-0.25, -0.2) is 15.0 Å². The molecule has 0 saturated carbocycles. The van der Waals surface area contributed by atoms with Gasteiger partial charge in [-0.05, 0) is 13.3 Å². The van der Waals surface area contributed by atoms with Crippen molar-refractivity contribution in [2.45, 2.75) is 75.7 Å². The number of nitrogens with zero attached hydrogens (tertiary/aromatic N) is 4. The summed E-state index contributed by atoms with van der Waals surface area (Å²) in [7, 11) is -3.66. The zero-order valence-electron chi connectivity index (χ0n) is 16.7. The number of hydrogen-bond donors (Lipinski definition) is 3. The standard InChI is InChI=1S/C17H24ClN4O7P/c1-4-16(3,28-30(26)17(25,5-2)29-30)6-9-11(23)12(24)15(27-9)22-8-21-10-13(18)19-7-20-14(10)22/h7-9,11-12,15,23-25H,4-6H2,1-3H3. The Balaban J connectivity index is 1.54. The number of fused-ring (bicyclic) bond motifs is 1. The summed E-state index contributed by atoms with van der Waals surface area (Å²) >= 11 is 6.02. The summed E-state index contributed by atoms with van der Waals surface area (Å²) in [5.74, 6) is 0. The second kappa shape index (κ2) is 7.46. The molecular weight excluding hydrogens is 439 g/mol. The van der Waals surface area contributed by atoms with Crippen LogP contribution in [-0.4, -0.2) is 64.3 Å². The molecule has 2 aliphatic rings. The van der Waals surface area contributed by atoms with Crippen LogP contribution in [0.3, 0.4) is 0 Å². The van der Waals surface area contributed by atoms with E-state index in [2.05, 4.69) is 15.0 Å². The van der Waals surface area contributed by atoms with E-state index in [-0.39, 0.29) is 18.0 Å². The first-order chi connectivity index (χ1) is 14.1. The predicted octanol–water partition coefficient (Wildman–Crippen LogP) is 1.95. The summed E-state index contributed by atoms with van der Waals surface area (Å²) in [5, 5.41) is 31.5. The minimum atomic E-state index is -3.66. The lowest BCUT2D eigenvalue weighted by Gasteiger charge is -2.31. The summed E-state index contributed by atoms with van der Waals surface area (Å²) < 4.78 is 30.7. The maximum Gasteiger partial charge on any atom is 0.393 e. The molecule has 2 saturated heterocycles. The van der Waals surface area contributed by atoms with Gasteiger partial charge in [0.05, 0.1) is 18.0 Å². The zero-order chi connectivity index (χ0) is 21.9. The van der Waals surface area contributed by atoms with Crippen molar-refractivity contribution >= 4 is 30.4 Å². The monoisotopic (exact) mass is 462 g/mol. The Labute approximate surface area is 177 Å². The molecule has 13 heteroatoms. The van der Waals surface area contributed by atoms with Crippen molar-refractivity contribution in [3.63, 3.8) is 0 Å². The normalized spacial score (nSPS) is 38.1. The van der Waals surface area contributed by atoms with E-state index in [9.17, 15) is 19.9 Å². The van der Waals surface area contributed by atoms with E-state index in [0.717, 1.165) is 0 Å². The van der Waals surface area contributed by atoms with Crippen molar-refractivity contribution < 1.29 is 33.7 Å². The molecule has 166 valence electrons. The maximum atomic E-state index is 12.6. The van der Waals surface area contributed by atoms with Gasteiger partial charge in [0.15, 0.2) is 17.0 Å². The maximum absolute atomic E-state index is 12.6. The van der Waals surface area contributed by atoms with Crippen LogP contribution in [-0.2, 0) is 18.3 Å². The average Bonchev–Trinajstić information content (AvgIpc) is 2.99. The first kappa shape index (κ1) is 22.0. The summed E-state index contributed by atoms with van der Waals surface area (Å²) in [6, 6.07) is 0. The molecule has 7 unspecified atom stereocenters. The van der Waals surface area contributed by atoms with E-state index in [1.807, 2.05) is 6.92 Å². The lowest BCUT2D eigenvalue weighted by atomic mass is 9.93. The van der Waals surface area contributed by atoms with Crippen LogP contribution in [0.2, 0.25) is 5.15 Å². The molecule has 30 heavy (non-hydrogen) atoms. The molecule has 2 aliphatic heterocycles. The Morgan fingerprint density at radius 3 is 2.70 bits per heavy atom. The minimum absolute atomic E-state index is 0.105. The van der Waals surface area contributed by atoms with Gasteiger partial charge in [-0.2, -0.15) is 0 Å². The summed E-state index contributed by atoms with van der Waals surface area (Å²) in [4.78, 5) is 12.1. The number of aromatic nitrogens is 4. The van der Waals surface area contributed by atoms with E-state index in [1.165, 1.54) is 17.2 Å². The van der Waals surface area contributed by atoms with Gasteiger partial charge in [-0.15, -0.1) is 0 Å². The molecule has 0 radical (unpaired) electrons. The topological polar surface area (TPSA) is 152 Å². The van der Waals surface area contributed by atoms with Crippen molar-refractivity contribution in [1.29, 1.82) is 0 Å². The highest BCUT2D eigenvalue weighted by Gasteiger charge is 2.70. The number of imidazole rings is 1. The van der Waals surface area contributed by atoms with Crippen LogP contribution < -0.4 is 0 Å². The summed E-state index contributed by atoms with van der Waals surface area (Å²) in [6.45, 7) is 5.15. The molecule has 7 atom stereocenters. The third-order valence-corrected chi connectivity index (χ3v) is 8.37. The third-order valence-electron chi connectivity index (χ3n) is 5.77. The van der Waals surface area contributed by atoms with E-state index >= 15 is 0 Å². The zero-order valence-corrected chi connectivity index (χ0v) is 18.3. The van der Waals surface area contributed by atoms with Gasteiger partial charge >= 0.3 is 7.60 Å². The van der Waals surface area contributed by atoms with Crippen LogP contribution in [0.5, 0.6) is 0 Å². The SMILES string of the molecule is CCC(C)(CC1OC(n2cnc3c(Cl)ncnc32)C(O)C1O)OP1(=O)OC1(O)CC. The smallest absolute Gasteiger partial charge is 0.388 e. The lowest BCUT2D eigenvalue weighted by molar-refractivity contribution is -0.0631. The van der Waals surface area contributed by atoms with Gasteiger partial charge in [-0.1, -0.05) is 25.4 Å². The quantitative estimate of drug-likeness (QED) is 0.316. The molecule has 0 aliphatic carbocycles. The van der Waals surface area contributed by atoms with Gasteiger partial charge in [-0.3, -0.25) is 18.2 Å². The second-order valence-electron chi connectivity index (χ2n) is 7.82. The average molecular weight is 463 g/mol. The number of halogens is 1. The van der Waals surface area contributed by atoms with Gasteiger partial charge in [0.25, 0.3) is 5.53 Å². The van der Waals surface area contributed by atoms with Gasteiger partial charge in [0.2, 0.25) is 0 Å². The molecule has 11 nitrogen and oxygen atoms in total. The highest BCUT2D eigenvalue weighted by molar-refractivity contribution is 7.61. The van der Waals surface area contributed by atoms with E-state index in [1.54, 1.807) is 13.8 Å². The van der Waals surface area contributed by atoms with Crippen LogP contribution >= 0.6 is 19.2 Å². The van der Waals surface area contributed by atoms with Crippen LogP contribution in [0.4, 0.5) is 0 Å². The van der Waals surface area contributed by atoms with Crippen LogP contribution in [0, 0.1) is 0 Å². The van der Waals surface area contributed by atoms with Crippen molar-refractivity contribution in [2.24, 2.45) is 0 Å². The van der Waals surface area contributed by atoms with E-state index < -0.39 is 43.3 Å². The fourth-order valence-electron chi connectivity index (χ4n) is 3.62. The first-order valence-corrected chi connectivity index (χ1v) is 11.6. The lowest BCUT2D eigenvalue weighted by Crippen LogP contribution is -2.38. The van der Waals surface area contributed by atoms with Crippen molar-refractivity contribution in [3.8, 4) is 0 Å². The highest BCUT2D eigenvalue weighted by atomic mass is 35.5. The van der Waals surface area contributed by atoms with Crippen LogP contribution in [0.1, 0.15) is 46.3 Å². The van der Waals surface area contributed by atoms with Gasteiger partial charge < -0.3 is 20.1 Å². The molecule has 0 bridgehead atoms. The van der Waals surface area contributed by atoms with E-state index in [0.29, 0.717) is 17.6 Å². The number of aliphatic hydroxyl groups excluding tert-OH is 2. The second-order valence-corrected chi connectivity index (χ2v) is 10.2. The highest BCUT2D eigenvalue weighted by Crippen LogP contribution is 2.80. The number of rotatable bonds is 7. The molecule has 4 heterocycles. The molecule has 0 aromatic carbocycles. The van der Waals surface area contributed by atoms with Crippen LogP contribution in [0.15, 0.2) is 12.7 Å². The van der Waals surface area contributed by atoms with E-state index in [4.69, 9.17) is 25.4 Å². The fraction of sp³-hybridized carbons (Fsp3) is 0.706. The Kier molecular flexibility index (Phi) is 5.48. The predicted molar refractivity (Wildman–Crippen MR) is 105 cm³/mol. The van der Waals surface area contributed by atoms with Crippen molar-refractivity contribution in [1.82, 2.24) is 19.5 Å². The largest absolute Gasteiger partial charge is 0.393 e. The Morgan fingerprint density at radius 2 is 2.07 bits per heavy atom. The van der Waals surface area contributed by atoms with Crippen molar-refractivity contribution in [3.05, 3.63) is 17.8 Å². The van der Waals surface area contributed by atoms with Crippen molar-refractivity contribution in [2.75, 3.05) is 0 Å². The minimum Gasteiger partial charge on any atom is -0.388 e. The molecule has 3 N–H and O–H groups in total. The van der Waals surface area contributed by atoms with Crippen LogP contribution in [0.25, 0.3) is 11.2 Å². The molecule has 0 spiro atoms.